The van der Waals surface area contributed by atoms with Crippen LogP contribution in [0.25, 0.3) is 0 Å². The van der Waals surface area contributed by atoms with Crippen molar-refractivity contribution in [2.45, 2.75) is 46.7 Å². The van der Waals surface area contributed by atoms with Gasteiger partial charge < -0.3 is 15.0 Å². The fraction of sp³-hybridized carbons (Fsp3) is 0.310. The Balaban J connectivity index is 1.92. The average molecular weight is 459 g/mol. The first-order chi connectivity index (χ1) is 16.4. The first-order valence-corrected chi connectivity index (χ1v) is 11.7. The van der Waals surface area contributed by atoms with Crippen LogP contribution in [0, 0.1) is 20.8 Å². The van der Waals surface area contributed by atoms with Crippen LogP contribution in [-0.2, 0) is 22.6 Å². The lowest BCUT2D eigenvalue weighted by Gasteiger charge is -2.32. The van der Waals surface area contributed by atoms with E-state index >= 15 is 0 Å². The number of hydrogen-bond acceptors (Lipinski definition) is 3. The maximum absolute atomic E-state index is 13.6. The number of nitrogens with one attached hydrogen (secondary N) is 1. The third kappa shape index (κ3) is 6.47. The second kappa shape index (κ2) is 12.0. The van der Waals surface area contributed by atoms with Crippen LogP contribution in [0.4, 0.5) is 0 Å². The van der Waals surface area contributed by atoms with E-state index in [4.69, 9.17) is 4.74 Å². The zero-order valence-electron chi connectivity index (χ0n) is 20.5. The van der Waals surface area contributed by atoms with Gasteiger partial charge >= 0.3 is 0 Å². The number of rotatable bonds is 10. The molecule has 3 aromatic rings. The van der Waals surface area contributed by atoms with Gasteiger partial charge in [0.25, 0.3) is 5.91 Å². The van der Waals surface area contributed by atoms with E-state index in [1.807, 2.05) is 100 Å². The SMILES string of the molecule is CCNC(=O)C(Cc1ccccc1)N(Cc1ccccc1C)C(=O)COc1cccc(C)c1C. The second-order valence-electron chi connectivity index (χ2n) is 8.53. The highest BCUT2D eigenvalue weighted by Gasteiger charge is 2.30. The summed E-state index contributed by atoms with van der Waals surface area (Å²) >= 11 is 0. The van der Waals surface area contributed by atoms with Gasteiger partial charge in [-0.2, -0.15) is 0 Å². The summed E-state index contributed by atoms with van der Waals surface area (Å²) in [6.45, 7) is 8.58. The van der Waals surface area contributed by atoms with Crippen LogP contribution in [0.1, 0.15) is 34.7 Å². The highest BCUT2D eigenvalue weighted by atomic mass is 16.5. The lowest BCUT2D eigenvalue weighted by molar-refractivity contribution is -0.142. The Morgan fingerprint density at radius 3 is 2.26 bits per heavy atom. The molecule has 3 rings (SSSR count). The summed E-state index contributed by atoms with van der Waals surface area (Å²) in [6.07, 6.45) is 0.424. The molecule has 0 bridgehead atoms. The summed E-state index contributed by atoms with van der Waals surface area (Å²) in [4.78, 5) is 28.4. The molecular formula is C29H34N2O3. The van der Waals surface area contributed by atoms with Gasteiger partial charge in [-0.3, -0.25) is 9.59 Å². The first kappa shape index (κ1) is 25.0. The minimum atomic E-state index is -0.656. The molecule has 0 fully saturated rings. The standard InChI is InChI=1S/C29H34N2O3/c1-5-30-29(33)26(18-24-14-7-6-8-15-24)31(19-25-16-10-9-12-22(25)3)28(32)20-34-27-17-11-13-21(2)23(27)4/h6-17,26H,5,18-20H2,1-4H3,(H,30,33). The van der Waals surface area contributed by atoms with E-state index in [9.17, 15) is 9.59 Å². The lowest BCUT2D eigenvalue weighted by Crippen LogP contribution is -2.51. The molecule has 1 unspecified atom stereocenters. The van der Waals surface area contributed by atoms with Crippen LogP contribution in [0.2, 0.25) is 0 Å². The number of ether oxygens (including phenoxy) is 1. The van der Waals surface area contributed by atoms with Gasteiger partial charge in [0, 0.05) is 19.5 Å². The van der Waals surface area contributed by atoms with Crippen molar-refractivity contribution < 1.29 is 14.3 Å². The number of nitrogens with zero attached hydrogens (tertiary/aromatic N) is 1. The Morgan fingerprint density at radius 1 is 0.882 bits per heavy atom. The summed E-state index contributed by atoms with van der Waals surface area (Å²) in [5.41, 5.74) is 5.18. The zero-order chi connectivity index (χ0) is 24.5. The molecule has 0 spiro atoms. The summed E-state index contributed by atoms with van der Waals surface area (Å²) < 4.78 is 5.95. The van der Waals surface area contributed by atoms with Crippen molar-refractivity contribution >= 4 is 11.8 Å². The number of aryl methyl sites for hydroxylation is 2. The predicted molar refractivity (Wildman–Crippen MR) is 136 cm³/mol. The number of likely N-dealkylation sites (N-methyl/N-ethyl adjacent to an activating group) is 1. The van der Waals surface area contributed by atoms with Crippen molar-refractivity contribution in [3.05, 3.63) is 101 Å². The van der Waals surface area contributed by atoms with Crippen LogP contribution in [0.3, 0.4) is 0 Å². The molecule has 34 heavy (non-hydrogen) atoms. The maximum Gasteiger partial charge on any atom is 0.261 e. The van der Waals surface area contributed by atoms with E-state index < -0.39 is 6.04 Å². The van der Waals surface area contributed by atoms with Gasteiger partial charge in [0.1, 0.15) is 11.8 Å². The fourth-order valence-corrected chi connectivity index (χ4v) is 3.92. The summed E-state index contributed by atoms with van der Waals surface area (Å²) in [7, 11) is 0. The Labute approximate surface area is 202 Å². The highest BCUT2D eigenvalue weighted by Crippen LogP contribution is 2.22. The van der Waals surface area contributed by atoms with Gasteiger partial charge in [-0.1, -0.05) is 66.7 Å². The van der Waals surface area contributed by atoms with Crippen molar-refractivity contribution in [3.8, 4) is 5.75 Å². The smallest absolute Gasteiger partial charge is 0.261 e. The molecular weight excluding hydrogens is 424 g/mol. The van der Waals surface area contributed by atoms with Crippen molar-refractivity contribution in [1.29, 1.82) is 0 Å². The Kier molecular flexibility index (Phi) is 8.86. The summed E-state index contributed by atoms with van der Waals surface area (Å²) in [5.74, 6) is 0.290. The van der Waals surface area contributed by atoms with Crippen molar-refractivity contribution in [1.82, 2.24) is 10.2 Å². The van der Waals surface area contributed by atoms with E-state index in [1.165, 1.54) is 0 Å². The molecule has 1 atom stereocenters. The van der Waals surface area contributed by atoms with Gasteiger partial charge in [0.15, 0.2) is 6.61 Å². The molecule has 0 radical (unpaired) electrons. The molecule has 3 aromatic carbocycles. The van der Waals surface area contributed by atoms with Crippen molar-refractivity contribution in [2.75, 3.05) is 13.2 Å². The molecule has 0 saturated carbocycles. The average Bonchev–Trinajstić information content (AvgIpc) is 2.84. The second-order valence-corrected chi connectivity index (χ2v) is 8.53. The normalized spacial score (nSPS) is 11.5. The number of hydrogen-bond donors (Lipinski definition) is 1. The Bertz CT molecular complexity index is 1110. The highest BCUT2D eigenvalue weighted by molar-refractivity contribution is 5.88. The topological polar surface area (TPSA) is 58.6 Å². The molecule has 1 N–H and O–H groups in total. The zero-order valence-corrected chi connectivity index (χ0v) is 20.5. The Hall–Kier alpha value is -3.60. The van der Waals surface area contributed by atoms with Crippen LogP contribution in [0.5, 0.6) is 5.75 Å². The number of amides is 2. The van der Waals surface area contributed by atoms with Gasteiger partial charge in [-0.15, -0.1) is 0 Å². The maximum atomic E-state index is 13.6. The first-order valence-electron chi connectivity index (χ1n) is 11.7. The largest absolute Gasteiger partial charge is 0.483 e. The molecule has 0 aliphatic rings. The van der Waals surface area contributed by atoms with E-state index in [-0.39, 0.29) is 18.4 Å². The van der Waals surface area contributed by atoms with Crippen LogP contribution < -0.4 is 10.1 Å². The molecule has 5 heteroatoms. The van der Waals surface area contributed by atoms with Gasteiger partial charge in [-0.25, -0.2) is 0 Å². The lowest BCUT2D eigenvalue weighted by atomic mass is 10.0. The van der Waals surface area contributed by atoms with Gasteiger partial charge in [-0.05, 0) is 61.6 Å². The van der Waals surface area contributed by atoms with Gasteiger partial charge in [0.2, 0.25) is 5.91 Å². The third-order valence-electron chi connectivity index (χ3n) is 6.13. The minimum absolute atomic E-state index is 0.138. The number of carbonyl (C=O) groups is 2. The van der Waals surface area contributed by atoms with Crippen LogP contribution >= 0.6 is 0 Å². The molecule has 0 aliphatic heterocycles. The molecule has 2 amide bonds. The molecule has 5 nitrogen and oxygen atoms in total. The molecule has 0 saturated heterocycles. The van der Waals surface area contributed by atoms with Crippen LogP contribution in [-0.4, -0.2) is 35.9 Å². The molecule has 178 valence electrons. The quantitative estimate of drug-likeness (QED) is 0.476. The summed E-state index contributed by atoms with van der Waals surface area (Å²) in [5, 5.41) is 2.92. The van der Waals surface area contributed by atoms with Gasteiger partial charge in [0.05, 0.1) is 0 Å². The van der Waals surface area contributed by atoms with E-state index in [0.29, 0.717) is 25.3 Å². The third-order valence-corrected chi connectivity index (χ3v) is 6.13. The fourth-order valence-electron chi connectivity index (χ4n) is 3.92. The summed E-state index contributed by atoms with van der Waals surface area (Å²) in [6, 6.07) is 22.9. The van der Waals surface area contributed by atoms with Crippen molar-refractivity contribution in [3.63, 3.8) is 0 Å². The van der Waals surface area contributed by atoms with Crippen molar-refractivity contribution in [2.24, 2.45) is 0 Å². The molecule has 0 aromatic heterocycles. The Morgan fingerprint density at radius 2 is 1.56 bits per heavy atom. The predicted octanol–water partition coefficient (Wildman–Crippen LogP) is 4.77. The molecule has 0 heterocycles. The van der Waals surface area contributed by atoms with E-state index in [1.54, 1.807) is 4.90 Å². The monoisotopic (exact) mass is 458 g/mol. The number of carbonyl (C=O) groups excluding carboxylic acids is 2. The van der Waals surface area contributed by atoms with E-state index in [2.05, 4.69) is 5.32 Å². The minimum Gasteiger partial charge on any atom is -0.483 e. The molecule has 0 aliphatic carbocycles. The number of benzene rings is 3. The van der Waals surface area contributed by atoms with E-state index in [0.717, 1.165) is 27.8 Å². The van der Waals surface area contributed by atoms with Crippen LogP contribution in [0.15, 0.2) is 72.8 Å².